The molecule has 0 aromatic heterocycles. The second-order valence-electron chi connectivity index (χ2n) is 2.03. The summed E-state index contributed by atoms with van der Waals surface area (Å²) in [5.41, 5.74) is 0. The summed E-state index contributed by atoms with van der Waals surface area (Å²) in [6, 6.07) is 0. The minimum absolute atomic E-state index is 0.185. The molecule has 52 valence electrons. The molecule has 2 fully saturated rings. The van der Waals surface area contributed by atoms with Gasteiger partial charge in [0.05, 0.1) is 0 Å². The molecule has 2 saturated heterocycles. The molecule has 9 heavy (non-hydrogen) atoms. The van der Waals surface area contributed by atoms with Gasteiger partial charge in [-0.15, -0.1) is 0 Å². The van der Waals surface area contributed by atoms with Crippen LogP contribution in [-0.4, -0.2) is 41.5 Å². The number of hydrogen-bond acceptors (Lipinski definition) is 4. The van der Waals surface area contributed by atoms with Gasteiger partial charge in [0.15, 0.2) is 0 Å². The molecule has 2 aliphatic heterocycles. The van der Waals surface area contributed by atoms with Crippen molar-refractivity contribution in [2.75, 3.05) is 11.5 Å². The molecular formula is C4H7AsO2S2. The molecule has 3 unspecified atom stereocenters. The van der Waals surface area contributed by atoms with Gasteiger partial charge in [0, 0.05) is 0 Å². The fraction of sp³-hybridized carbons (Fsp3) is 1.00. The first-order valence-electron chi connectivity index (χ1n) is 2.77. The summed E-state index contributed by atoms with van der Waals surface area (Å²) in [5.74, 6) is 1.95. The van der Waals surface area contributed by atoms with Crippen molar-refractivity contribution in [3.8, 4) is 0 Å². The molecule has 2 aliphatic rings. The van der Waals surface area contributed by atoms with E-state index in [0.29, 0.717) is 0 Å². The van der Waals surface area contributed by atoms with E-state index in [0.717, 1.165) is 11.5 Å². The van der Waals surface area contributed by atoms with E-state index in [-0.39, 0.29) is 12.2 Å². The molecule has 0 amide bonds. The van der Waals surface area contributed by atoms with Crippen molar-refractivity contribution in [1.29, 1.82) is 0 Å². The van der Waals surface area contributed by atoms with Crippen LogP contribution < -0.4 is 0 Å². The van der Waals surface area contributed by atoms with Crippen LogP contribution >= 0.6 is 20.0 Å². The van der Waals surface area contributed by atoms with Gasteiger partial charge in [-0.3, -0.25) is 0 Å². The SMILES string of the molecule is OC1CS[As]2OC1CS2. The van der Waals surface area contributed by atoms with Gasteiger partial charge in [0.1, 0.15) is 0 Å². The zero-order chi connectivity index (χ0) is 6.27. The molecule has 0 aromatic carbocycles. The van der Waals surface area contributed by atoms with Crippen LogP contribution in [-0.2, 0) is 3.73 Å². The topological polar surface area (TPSA) is 29.5 Å². The van der Waals surface area contributed by atoms with Crippen molar-refractivity contribution in [3.05, 3.63) is 0 Å². The average molecular weight is 226 g/mol. The van der Waals surface area contributed by atoms with E-state index in [2.05, 4.69) is 0 Å². The van der Waals surface area contributed by atoms with E-state index < -0.39 is 12.7 Å². The minimum atomic E-state index is -0.957. The Morgan fingerprint density at radius 1 is 1.44 bits per heavy atom. The molecule has 3 atom stereocenters. The molecular weight excluding hydrogens is 219 g/mol. The standard InChI is InChI=1S/C4H7AsO2S2/c6-3-1-8-5-7-4(3)2-9-5/h3-4,6H,1-2H2. The van der Waals surface area contributed by atoms with Gasteiger partial charge in [-0.05, 0) is 0 Å². The maximum atomic E-state index is 9.26. The van der Waals surface area contributed by atoms with E-state index >= 15 is 0 Å². The molecule has 2 rings (SSSR count). The third-order valence-electron chi connectivity index (χ3n) is 1.35. The Labute approximate surface area is 65.3 Å². The number of hydrogen-bond donors (Lipinski definition) is 1. The van der Waals surface area contributed by atoms with E-state index in [9.17, 15) is 5.11 Å². The van der Waals surface area contributed by atoms with Crippen LogP contribution in [0.4, 0.5) is 0 Å². The Hall–Kier alpha value is 1.18. The van der Waals surface area contributed by atoms with Gasteiger partial charge in [0.25, 0.3) is 0 Å². The summed E-state index contributed by atoms with van der Waals surface area (Å²) in [7, 11) is 3.79. The summed E-state index contributed by atoms with van der Waals surface area (Å²) in [5, 5.41) is 9.26. The molecule has 1 N–H and O–H groups in total. The molecule has 0 aromatic rings. The molecule has 0 spiro atoms. The Morgan fingerprint density at radius 2 is 2.22 bits per heavy atom. The van der Waals surface area contributed by atoms with Crippen LogP contribution in [0, 0.1) is 0 Å². The molecule has 0 aliphatic carbocycles. The van der Waals surface area contributed by atoms with Crippen molar-refractivity contribution in [2.45, 2.75) is 12.2 Å². The fourth-order valence-corrected chi connectivity index (χ4v) is 12.0. The van der Waals surface area contributed by atoms with Gasteiger partial charge in [0.2, 0.25) is 0 Å². The number of aliphatic hydroxyl groups excluding tert-OH is 1. The van der Waals surface area contributed by atoms with Crippen molar-refractivity contribution in [2.24, 2.45) is 0 Å². The van der Waals surface area contributed by atoms with Crippen molar-refractivity contribution in [3.63, 3.8) is 0 Å². The maximum absolute atomic E-state index is 9.26. The quantitative estimate of drug-likeness (QED) is 0.598. The zero-order valence-electron chi connectivity index (χ0n) is 4.69. The predicted molar refractivity (Wildman–Crippen MR) is 41.5 cm³/mol. The van der Waals surface area contributed by atoms with Gasteiger partial charge < -0.3 is 0 Å². The third kappa shape index (κ3) is 1.29. The van der Waals surface area contributed by atoms with Gasteiger partial charge in [-0.25, -0.2) is 0 Å². The summed E-state index contributed by atoms with van der Waals surface area (Å²) in [4.78, 5) is 0. The van der Waals surface area contributed by atoms with Crippen LogP contribution in [0.2, 0.25) is 0 Å². The Balaban J connectivity index is 2.05. The number of aliphatic hydroxyl groups is 1. The fourth-order valence-electron chi connectivity index (χ4n) is 0.799. The van der Waals surface area contributed by atoms with Crippen LogP contribution in [0.5, 0.6) is 0 Å². The Bertz CT molecular complexity index is 123. The van der Waals surface area contributed by atoms with Crippen LogP contribution in [0.1, 0.15) is 0 Å². The summed E-state index contributed by atoms with van der Waals surface area (Å²) < 4.78 is 5.53. The Morgan fingerprint density at radius 3 is 3.00 bits per heavy atom. The van der Waals surface area contributed by atoms with E-state index in [1.54, 1.807) is 0 Å². The normalized spacial score (nSPS) is 49.7. The van der Waals surface area contributed by atoms with Gasteiger partial charge >= 0.3 is 65.3 Å². The van der Waals surface area contributed by atoms with Crippen molar-refractivity contribution < 1.29 is 8.83 Å². The summed E-state index contributed by atoms with van der Waals surface area (Å²) >= 11 is -0.957. The summed E-state index contributed by atoms with van der Waals surface area (Å²) in [6.45, 7) is 0. The molecule has 2 bridgehead atoms. The molecule has 2 nitrogen and oxygen atoms in total. The van der Waals surface area contributed by atoms with Crippen LogP contribution in [0.15, 0.2) is 0 Å². The van der Waals surface area contributed by atoms with Crippen molar-refractivity contribution >= 4 is 32.7 Å². The average Bonchev–Trinajstić information content (AvgIpc) is 2.25. The summed E-state index contributed by atoms with van der Waals surface area (Å²) in [6.07, 6.45) is 0.00637. The first-order chi connectivity index (χ1) is 4.36. The third-order valence-corrected chi connectivity index (χ3v) is 12.4. The number of fused-ring (bicyclic) bond motifs is 2. The molecule has 0 radical (unpaired) electrons. The van der Waals surface area contributed by atoms with Gasteiger partial charge in [-0.1, -0.05) is 0 Å². The monoisotopic (exact) mass is 226 g/mol. The zero-order valence-corrected chi connectivity index (χ0v) is 8.20. The second kappa shape index (κ2) is 2.66. The van der Waals surface area contributed by atoms with E-state index in [1.165, 1.54) is 0 Å². The first-order valence-corrected chi connectivity index (χ1v) is 10.0. The van der Waals surface area contributed by atoms with Crippen LogP contribution in [0.25, 0.3) is 0 Å². The molecule has 5 heteroatoms. The van der Waals surface area contributed by atoms with Crippen LogP contribution in [0.3, 0.4) is 0 Å². The Kier molecular flexibility index (Phi) is 2.03. The van der Waals surface area contributed by atoms with E-state index in [4.69, 9.17) is 3.73 Å². The van der Waals surface area contributed by atoms with Crippen molar-refractivity contribution in [1.82, 2.24) is 0 Å². The number of rotatable bonds is 0. The second-order valence-corrected chi connectivity index (χ2v) is 12.5. The van der Waals surface area contributed by atoms with Gasteiger partial charge in [-0.2, -0.15) is 0 Å². The predicted octanol–water partition coefficient (Wildman–Crippen LogP) is 0.211. The molecule has 2 heterocycles. The van der Waals surface area contributed by atoms with E-state index in [1.807, 2.05) is 20.0 Å². The first kappa shape index (κ1) is 6.86. The molecule has 0 saturated carbocycles.